The summed E-state index contributed by atoms with van der Waals surface area (Å²) in [7, 11) is 0. The van der Waals surface area contributed by atoms with E-state index >= 15 is 0 Å². The summed E-state index contributed by atoms with van der Waals surface area (Å²) in [6.45, 7) is 9.48. The summed E-state index contributed by atoms with van der Waals surface area (Å²) in [4.78, 5) is 2.94. The highest BCUT2D eigenvalue weighted by molar-refractivity contribution is 8.10. The van der Waals surface area contributed by atoms with Crippen molar-refractivity contribution in [1.82, 2.24) is 0 Å². The molecule has 0 radical (unpaired) electrons. The fourth-order valence-electron chi connectivity index (χ4n) is 1.07. The van der Waals surface area contributed by atoms with Gasteiger partial charge in [-0.2, -0.15) is 0 Å². The van der Waals surface area contributed by atoms with Crippen LogP contribution < -0.4 is 0 Å². The molecule has 0 saturated carbocycles. The summed E-state index contributed by atoms with van der Waals surface area (Å²) in [5.74, 6) is 1.20. The van der Waals surface area contributed by atoms with Gasteiger partial charge in [0.25, 0.3) is 0 Å². The van der Waals surface area contributed by atoms with Crippen molar-refractivity contribution in [2.45, 2.75) is 39.0 Å². The van der Waals surface area contributed by atoms with E-state index in [9.17, 15) is 0 Å². The summed E-state index contributed by atoms with van der Waals surface area (Å²) < 4.78 is 5.61. The van der Waals surface area contributed by atoms with Gasteiger partial charge in [0, 0.05) is 11.0 Å². The Bertz CT molecular complexity index is 199. The summed E-state index contributed by atoms with van der Waals surface area (Å²) in [5, 5.41) is 0.649. The van der Waals surface area contributed by atoms with E-state index in [0.29, 0.717) is 11.4 Å². The summed E-state index contributed by atoms with van der Waals surface area (Å²) in [6, 6.07) is 0. The third-order valence-electron chi connectivity index (χ3n) is 1.94. The van der Waals surface area contributed by atoms with Crippen molar-refractivity contribution in [3.63, 3.8) is 0 Å². The molecule has 0 saturated heterocycles. The Labute approximate surface area is 89.7 Å². The minimum absolute atomic E-state index is 0.359. The van der Waals surface area contributed by atoms with Crippen LogP contribution in [0, 0.1) is 0 Å². The Balaban J connectivity index is 2.32. The van der Waals surface area contributed by atoms with E-state index in [2.05, 4.69) is 27.7 Å². The lowest BCUT2D eigenvalue weighted by Crippen LogP contribution is -2.20. The maximum Gasteiger partial charge on any atom is 0.0600 e. The zero-order valence-corrected chi connectivity index (χ0v) is 10.4. The lowest BCUT2D eigenvalue weighted by Gasteiger charge is -2.23. The maximum absolute atomic E-state index is 5.61. The Morgan fingerprint density at radius 2 is 2.08 bits per heavy atom. The quantitative estimate of drug-likeness (QED) is 0.717. The van der Waals surface area contributed by atoms with Gasteiger partial charge in [0.2, 0.25) is 0 Å². The van der Waals surface area contributed by atoms with Crippen molar-refractivity contribution >= 4 is 23.5 Å². The van der Waals surface area contributed by atoms with Crippen LogP contribution in [0.3, 0.4) is 0 Å². The van der Waals surface area contributed by atoms with Crippen molar-refractivity contribution in [1.29, 1.82) is 0 Å². The molecular formula is C10H18OS2. The number of rotatable bonds is 3. The van der Waals surface area contributed by atoms with Gasteiger partial charge in [-0.05, 0) is 37.5 Å². The van der Waals surface area contributed by atoms with Crippen molar-refractivity contribution < 1.29 is 4.74 Å². The number of hydrogen-bond acceptors (Lipinski definition) is 3. The Morgan fingerprint density at radius 1 is 1.38 bits per heavy atom. The van der Waals surface area contributed by atoms with Gasteiger partial charge in [-0.25, -0.2) is 0 Å². The van der Waals surface area contributed by atoms with E-state index in [1.807, 2.05) is 23.5 Å². The number of hydrogen-bond donors (Lipinski definition) is 0. The second kappa shape index (κ2) is 5.32. The topological polar surface area (TPSA) is 9.23 Å². The second-order valence-electron chi connectivity index (χ2n) is 3.55. The average molecular weight is 218 g/mol. The molecule has 0 N–H and O–H groups in total. The molecule has 1 rings (SSSR count). The molecule has 1 aliphatic heterocycles. The molecule has 1 heterocycles. The van der Waals surface area contributed by atoms with Crippen LogP contribution in [0.5, 0.6) is 0 Å². The van der Waals surface area contributed by atoms with Crippen LogP contribution in [0.2, 0.25) is 0 Å². The lowest BCUT2D eigenvalue weighted by atomic mass is 10.4. The first-order valence-electron chi connectivity index (χ1n) is 4.68. The molecule has 0 bridgehead atoms. The molecule has 76 valence electrons. The molecule has 0 aliphatic carbocycles. The highest BCUT2D eigenvalue weighted by Crippen LogP contribution is 2.37. The highest BCUT2D eigenvalue weighted by Gasteiger charge is 2.18. The largest absolute Gasteiger partial charge is 0.378 e. The lowest BCUT2D eigenvalue weighted by molar-refractivity contribution is 0.0825. The van der Waals surface area contributed by atoms with E-state index in [1.54, 1.807) is 0 Å². The maximum atomic E-state index is 5.61. The minimum atomic E-state index is 0.359. The van der Waals surface area contributed by atoms with E-state index in [-0.39, 0.29) is 0 Å². The van der Waals surface area contributed by atoms with Gasteiger partial charge in [-0.15, -0.1) is 23.5 Å². The van der Waals surface area contributed by atoms with Crippen LogP contribution in [0.15, 0.2) is 9.81 Å². The molecule has 1 nitrogen and oxygen atoms in total. The third kappa shape index (κ3) is 3.96. The van der Waals surface area contributed by atoms with Crippen LogP contribution in [-0.2, 0) is 4.74 Å². The third-order valence-corrected chi connectivity index (χ3v) is 4.88. The SMILES string of the molecule is CC1=C(C)SC(COC(C)C)CS1. The first-order chi connectivity index (χ1) is 6.09. The molecule has 1 aliphatic rings. The number of ether oxygens (including phenoxy) is 1. The van der Waals surface area contributed by atoms with Gasteiger partial charge in [-0.3, -0.25) is 0 Å². The molecule has 1 unspecified atom stereocenters. The van der Waals surface area contributed by atoms with Gasteiger partial charge >= 0.3 is 0 Å². The zero-order valence-electron chi connectivity index (χ0n) is 8.79. The second-order valence-corrected chi connectivity index (χ2v) is 6.29. The van der Waals surface area contributed by atoms with Crippen molar-refractivity contribution in [3.05, 3.63) is 9.81 Å². The fraction of sp³-hybridized carbons (Fsp3) is 0.800. The highest BCUT2D eigenvalue weighted by atomic mass is 32.2. The van der Waals surface area contributed by atoms with Crippen molar-refractivity contribution in [2.75, 3.05) is 12.4 Å². The molecule has 0 amide bonds. The molecule has 0 aromatic rings. The first-order valence-corrected chi connectivity index (χ1v) is 6.54. The van der Waals surface area contributed by atoms with Gasteiger partial charge in [0.05, 0.1) is 12.7 Å². The van der Waals surface area contributed by atoms with E-state index in [4.69, 9.17) is 4.74 Å². The van der Waals surface area contributed by atoms with Gasteiger partial charge < -0.3 is 4.74 Å². The normalized spacial score (nSPS) is 24.2. The van der Waals surface area contributed by atoms with Crippen LogP contribution in [0.4, 0.5) is 0 Å². The smallest absolute Gasteiger partial charge is 0.0600 e. The minimum Gasteiger partial charge on any atom is -0.378 e. The molecule has 1 atom stereocenters. The first kappa shape index (κ1) is 11.5. The molecule has 0 aromatic carbocycles. The molecule has 3 heteroatoms. The molecular weight excluding hydrogens is 200 g/mol. The van der Waals surface area contributed by atoms with Crippen LogP contribution in [0.25, 0.3) is 0 Å². The van der Waals surface area contributed by atoms with Crippen molar-refractivity contribution in [2.24, 2.45) is 0 Å². The molecule has 13 heavy (non-hydrogen) atoms. The van der Waals surface area contributed by atoms with Crippen LogP contribution in [0.1, 0.15) is 27.7 Å². The predicted octanol–water partition coefficient (Wildman–Crippen LogP) is 3.51. The Kier molecular flexibility index (Phi) is 4.70. The summed E-state index contributed by atoms with van der Waals surface area (Å²) >= 11 is 3.93. The molecule has 0 aromatic heterocycles. The number of allylic oxidation sites excluding steroid dienone is 2. The monoisotopic (exact) mass is 218 g/mol. The van der Waals surface area contributed by atoms with E-state index in [1.165, 1.54) is 15.6 Å². The number of thioether (sulfide) groups is 2. The van der Waals surface area contributed by atoms with Gasteiger partial charge in [-0.1, -0.05) is 0 Å². The van der Waals surface area contributed by atoms with E-state index in [0.717, 1.165) is 6.61 Å². The summed E-state index contributed by atoms with van der Waals surface area (Å²) in [5.41, 5.74) is 0. The molecule has 0 spiro atoms. The Morgan fingerprint density at radius 3 is 2.62 bits per heavy atom. The van der Waals surface area contributed by atoms with Crippen LogP contribution >= 0.6 is 23.5 Å². The molecule has 0 fully saturated rings. The standard InChI is InChI=1S/C10H18OS2/c1-7(2)11-5-10-6-12-8(3)9(4)13-10/h7,10H,5-6H2,1-4H3. The van der Waals surface area contributed by atoms with Gasteiger partial charge in [0.15, 0.2) is 0 Å². The zero-order chi connectivity index (χ0) is 9.84. The van der Waals surface area contributed by atoms with Crippen LogP contribution in [-0.4, -0.2) is 23.7 Å². The average Bonchev–Trinajstić information content (AvgIpc) is 2.07. The Hall–Kier alpha value is 0.400. The van der Waals surface area contributed by atoms with Gasteiger partial charge in [0.1, 0.15) is 0 Å². The predicted molar refractivity (Wildman–Crippen MR) is 63.3 cm³/mol. The van der Waals surface area contributed by atoms with Crippen molar-refractivity contribution in [3.8, 4) is 0 Å². The van der Waals surface area contributed by atoms with E-state index < -0.39 is 0 Å². The fourth-order valence-corrected chi connectivity index (χ4v) is 3.41. The summed E-state index contributed by atoms with van der Waals surface area (Å²) in [6.07, 6.45) is 0.359.